The molecular formula is C34H42N6O8S. The number of nitrogens with zero attached hydrogens (tertiary/aromatic N) is 2. The molecule has 2 heterocycles. The summed E-state index contributed by atoms with van der Waals surface area (Å²) >= 11 is 0. The van der Waals surface area contributed by atoms with E-state index in [0.717, 1.165) is 36.5 Å². The van der Waals surface area contributed by atoms with Gasteiger partial charge in [-0.3, -0.25) is 19.1 Å². The fourth-order valence-electron chi connectivity index (χ4n) is 6.50. The second kappa shape index (κ2) is 13.3. The maximum Gasteiger partial charge on any atom is 0.315 e. The van der Waals surface area contributed by atoms with Gasteiger partial charge in [-0.15, -0.1) is 6.58 Å². The average Bonchev–Trinajstić information content (AvgIpc) is 3.86. The molecule has 1 aliphatic heterocycles. The fraction of sp³-hybridized carbons (Fsp3) is 0.500. The summed E-state index contributed by atoms with van der Waals surface area (Å²) in [6, 6.07) is 5.79. The van der Waals surface area contributed by atoms with Crippen LogP contribution in [0.4, 0.5) is 4.79 Å². The van der Waals surface area contributed by atoms with Crippen molar-refractivity contribution in [3.8, 4) is 11.6 Å². The molecule has 3 saturated carbocycles. The number of carbonyl (C=O) groups excluding carboxylic acids is 4. The zero-order chi connectivity index (χ0) is 35.0. The molecule has 4 aliphatic rings. The summed E-state index contributed by atoms with van der Waals surface area (Å²) in [7, 11) is -2.38. The van der Waals surface area contributed by atoms with E-state index in [0.29, 0.717) is 30.0 Å². The molecule has 0 spiro atoms. The topological polar surface area (TPSA) is 185 Å². The van der Waals surface area contributed by atoms with Gasteiger partial charge in [-0.05, 0) is 74.3 Å². The lowest BCUT2D eigenvalue weighted by atomic mass is 10.1. The Morgan fingerprint density at radius 2 is 1.90 bits per heavy atom. The molecule has 4 fully saturated rings. The van der Waals surface area contributed by atoms with Crippen molar-refractivity contribution < 1.29 is 37.1 Å². The predicted octanol–water partition coefficient (Wildman–Crippen LogP) is 2.41. The number of carbonyl (C=O) groups is 4. The van der Waals surface area contributed by atoms with Crippen molar-refractivity contribution in [2.45, 2.75) is 80.7 Å². The minimum Gasteiger partial charge on any atom is -0.497 e. The highest BCUT2D eigenvalue weighted by molar-refractivity contribution is 7.91. The van der Waals surface area contributed by atoms with Crippen LogP contribution >= 0.6 is 0 Å². The number of ether oxygens (including phenoxy) is 2. The van der Waals surface area contributed by atoms with Crippen LogP contribution in [0.2, 0.25) is 0 Å². The molecule has 3 atom stereocenters. The smallest absolute Gasteiger partial charge is 0.315 e. The number of sulfonamides is 1. The van der Waals surface area contributed by atoms with E-state index in [-0.39, 0.29) is 32.0 Å². The molecule has 2 aromatic rings. The monoisotopic (exact) mass is 694 g/mol. The maximum atomic E-state index is 13.9. The average molecular weight is 695 g/mol. The SMILES string of the molecule is C=C[C@@H]1C[C@]1(NC(=O)[C@@H]1C/C(=C/Oc2nccc3cc(OC)ccc23)CN1C(=O)CNC(=O)NC1CCCC1)C(=O)NS(=O)(=O)C1(C)CC1. The van der Waals surface area contributed by atoms with Crippen LogP contribution < -0.4 is 30.1 Å². The Labute approximate surface area is 285 Å². The van der Waals surface area contributed by atoms with Gasteiger partial charge < -0.3 is 30.3 Å². The molecule has 49 heavy (non-hydrogen) atoms. The molecule has 14 nitrogen and oxygen atoms in total. The molecule has 1 aromatic heterocycles. The molecular weight excluding hydrogens is 652 g/mol. The Hall–Kier alpha value is -4.66. The van der Waals surface area contributed by atoms with Crippen molar-refractivity contribution in [2.75, 3.05) is 20.2 Å². The van der Waals surface area contributed by atoms with Gasteiger partial charge in [-0.2, -0.15) is 0 Å². The molecule has 0 bridgehead atoms. The number of amides is 5. The van der Waals surface area contributed by atoms with E-state index in [1.165, 1.54) is 17.2 Å². The minimum absolute atomic E-state index is 0.0122. The van der Waals surface area contributed by atoms with Gasteiger partial charge in [0.2, 0.25) is 27.7 Å². The van der Waals surface area contributed by atoms with Crippen LogP contribution in [0.3, 0.4) is 0 Å². The lowest BCUT2D eigenvalue weighted by molar-refractivity contribution is -0.139. The van der Waals surface area contributed by atoms with Crippen molar-refractivity contribution in [2.24, 2.45) is 5.92 Å². The van der Waals surface area contributed by atoms with E-state index in [1.807, 2.05) is 18.2 Å². The summed E-state index contributed by atoms with van der Waals surface area (Å²) in [4.78, 5) is 59.0. The first kappa shape index (κ1) is 34.2. The van der Waals surface area contributed by atoms with Crippen LogP contribution in [0.25, 0.3) is 10.8 Å². The van der Waals surface area contributed by atoms with E-state index in [9.17, 15) is 27.6 Å². The third-order valence-corrected chi connectivity index (χ3v) is 12.2. The van der Waals surface area contributed by atoms with Crippen LogP contribution in [0.15, 0.2) is 55.0 Å². The molecule has 0 unspecified atom stereocenters. The number of hydrogen-bond donors (Lipinski definition) is 4. The first-order valence-electron chi connectivity index (χ1n) is 16.5. The molecule has 262 valence electrons. The van der Waals surface area contributed by atoms with Crippen molar-refractivity contribution in [3.63, 3.8) is 0 Å². The Balaban J connectivity index is 1.19. The van der Waals surface area contributed by atoms with E-state index in [4.69, 9.17) is 9.47 Å². The number of fused-ring (bicyclic) bond motifs is 1. The molecule has 15 heteroatoms. The Kier molecular flexibility index (Phi) is 9.31. The van der Waals surface area contributed by atoms with Crippen LogP contribution in [-0.2, 0) is 24.4 Å². The van der Waals surface area contributed by atoms with E-state index in [2.05, 4.69) is 32.2 Å². The molecule has 0 radical (unpaired) electrons. The normalized spacial score (nSPS) is 25.0. The van der Waals surface area contributed by atoms with Crippen LogP contribution in [-0.4, -0.2) is 84.6 Å². The quantitative estimate of drug-likeness (QED) is 0.191. The zero-order valence-corrected chi connectivity index (χ0v) is 28.4. The second-order valence-corrected chi connectivity index (χ2v) is 15.7. The number of benzene rings is 1. The van der Waals surface area contributed by atoms with Gasteiger partial charge in [0.15, 0.2) is 0 Å². The molecule has 1 saturated heterocycles. The summed E-state index contributed by atoms with van der Waals surface area (Å²) in [5.74, 6) is -1.50. The van der Waals surface area contributed by atoms with Gasteiger partial charge >= 0.3 is 6.03 Å². The number of likely N-dealkylation sites (tertiary alicyclic amines) is 1. The Bertz CT molecular complexity index is 1820. The van der Waals surface area contributed by atoms with Crippen molar-refractivity contribution in [1.29, 1.82) is 0 Å². The fourth-order valence-corrected chi connectivity index (χ4v) is 7.82. The third kappa shape index (κ3) is 7.07. The van der Waals surface area contributed by atoms with E-state index < -0.39 is 56.0 Å². The van der Waals surface area contributed by atoms with Crippen molar-refractivity contribution >= 4 is 44.5 Å². The van der Waals surface area contributed by atoms with Gasteiger partial charge in [-0.25, -0.2) is 18.2 Å². The summed E-state index contributed by atoms with van der Waals surface area (Å²) < 4.78 is 38.2. The summed E-state index contributed by atoms with van der Waals surface area (Å²) in [5, 5.41) is 9.80. The second-order valence-electron chi connectivity index (χ2n) is 13.5. The Morgan fingerprint density at radius 3 is 2.57 bits per heavy atom. The lowest BCUT2D eigenvalue weighted by Crippen LogP contribution is -2.57. The van der Waals surface area contributed by atoms with Crippen molar-refractivity contribution in [1.82, 2.24) is 30.6 Å². The maximum absolute atomic E-state index is 13.9. The molecule has 3 aliphatic carbocycles. The van der Waals surface area contributed by atoms with Crippen LogP contribution in [0.1, 0.15) is 58.3 Å². The molecule has 5 amide bonds. The number of rotatable bonds is 12. The summed E-state index contributed by atoms with van der Waals surface area (Å²) in [6.07, 6.45) is 9.47. The van der Waals surface area contributed by atoms with Gasteiger partial charge in [0, 0.05) is 36.5 Å². The minimum atomic E-state index is -3.96. The van der Waals surface area contributed by atoms with E-state index >= 15 is 0 Å². The molecule has 6 rings (SSSR count). The highest BCUT2D eigenvalue weighted by Crippen LogP contribution is 2.47. The lowest BCUT2D eigenvalue weighted by Gasteiger charge is -2.27. The summed E-state index contributed by atoms with van der Waals surface area (Å²) in [6.45, 7) is 4.97. The standard InChI is InChI=1S/C34H42N6O8S/c1-4-23-17-34(23,31(43)39-49(45,46)33(2)12-13-33)38-29(42)27-15-21(19-40(27)28(41)18-36-32(44)37-24-7-5-6-8-24)20-48-30-26-10-9-25(47-3)16-22(26)11-14-35-30/h4,9-11,14,16,20,23-24,27H,1,5-8,12-13,15,17-19H2,2-3H3,(H,38,42)(H,39,43)(H2,36,37,44)/b21-20-/t23-,27+,34-/m1/s1. The van der Waals surface area contributed by atoms with Gasteiger partial charge in [0.05, 0.1) is 24.7 Å². The third-order valence-electron chi connectivity index (χ3n) is 10.1. The van der Waals surface area contributed by atoms with Crippen LogP contribution in [0, 0.1) is 5.92 Å². The number of hydrogen-bond acceptors (Lipinski definition) is 9. The van der Waals surface area contributed by atoms with Gasteiger partial charge in [0.1, 0.15) is 17.3 Å². The highest BCUT2D eigenvalue weighted by atomic mass is 32.2. The first-order chi connectivity index (χ1) is 23.4. The number of aromatic nitrogens is 1. The number of pyridine rings is 1. The predicted molar refractivity (Wildman–Crippen MR) is 180 cm³/mol. The number of methoxy groups -OCH3 is 1. The van der Waals surface area contributed by atoms with Crippen LogP contribution in [0.5, 0.6) is 11.6 Å². The number of nitrogens with one attached hydrogen (secondary N) is 4. The van der Waals surface area contributed by atoms with Gasteiger partial charge in [-0.1, -0.05) is 18.9 Å². The number of urea groups is 1. The molecule has 1 aromatic carbocycles. The van der Waals surface area contributed by atoms with Gasteiger partial charge in [0.25, 0.3) is 5.91 Å². The zero-order valence-electron chi connectivity index (χ0n) is 27.6. The summed E-state index contributed by atoms with van der Waals surface area (Å²) in [5.41, 5.74) is -0.933. The first-order valence-corrected chi connectivity index (χ1v) is 18.0. The Morgan fingerprint density at radius 1 is 1.14 bits per heavy atom. The molecule has 4 N–H and O–H groups in total. The van der Waals surface area contributed by atoms with Crippen molar-refractivity contribution in [3.05, 3.63) is 55.0 Å². The largest absolute Gasteiger partial charge is 0.497 e. The highest BCUT2D eigenvalue weighted by Gasteiger charge is 2.62. The van der Waals surface area contributed by atoms with E-state index in [1.54, 1.807) is 26.3 Å².